The first-order valence-corrected chi connectivity index (χ1v) is 10.9. The van der Waals surface area contributed by atoms with Crippen LogP contribution in [0.25, 0.3) is 5.69 Å². The molecule has 5 rings (SSSR count). The minimum absolute atomic E-state index is 0.140. The number of aromatic hydroxyl groups is 1. The molecule has 0 bridgehead atoms. The van der Waals surface area contributed by atoms with Gasteiger partial charge in [-0.2, -0.15) is 5.10 Å². The molecule has 0 saturated heterocycles. The van der Waals surface area contributed by atoms with Crippen LogP contribution in [0.4, 0.5) is 5.82 Å². The molecule has 0 saturated carbocycles. The third-order valence-corrected chi connectivity index (χ3v) is 6.48. The Morgan fingerprint density at radius 2 is 1.90 bits per heavy atom. The average Bonchev–Trinajstić information content (AvgIpc) is 3.05. The summed E-state index contributed by atoms with van der Waals surface area (Å²) in [6.45, 7) is 4.02. The molecule has 2 aromatic carbocycles. The van der Waals surface area contributed by atoms with E-state index in [9.17, 15) is 9.90 Å². The highest BCUT2D eigenvalue weighted by molar-refractivity contribution is 9.10. The average molecular weight is 464 g/mol. The second-order valence-corrected chi connectivity index (χ2v) is 8.94. The van der Waals surface area contributed by atoms with Gasteiger partial charge in [-0.25, -0.2) is 4.68 Å². The maximum atomic E-state index is 13.0. The number of aromatic nitrogens is 2. The molecule has 1 aliphatic heterocycles. The van der Waals surface area contributed by atoms with Crippen molar-refractivity contribution >= 4 is 27.5 Å². The number of benzene rings is 2. The Labute approximate surface area is 183 Å². The molecule has 1 aromatic heterocycles. The molecular weight excluding hydrogens is 442 g/mol. The van der Waals surface area contributed by atoms with Crippen LogP contribution in [0.15, 0.2) is 58.2 Å². The summed E-state index contributed by atoms with van der Waals surface area (Å²) in [5.74, 6) is 0.847. The third-order valence-electron chi connectivity index (χ3n) is 5.99. The number of phenols is 1. The maximum absolute atomic E-state index is 13.0. The molecule has 0 radical (unpaired) electrons. The molecule has 1 unspecified atom stereocenters. The topological polar surface area (TPSA) is 67.2 Å². The highest BCUT2D eigenvalue weighted by Crippen LogP contribution is 2.49. The van der Waals surface area contributed by atoms with E-state index in [2.05, 4.69) is 40.3 Å². The molecule has 1 aliphatic carbocycles. The Morgan fingerprint density at radius 3 is 2.67 bits per heavy atom. The van der Waals surface area contributed by atoms with Crippen molar-refractivity contribution in [3.05, 3.63) is 80.6 Å². The minimum Gasteiger partial charge on any atom is -0.508 e. The van der Waals surface area contributed by atoms with Gasteiger partial charge in [-0.1, -0.05) is 33.6 Å². The molecule has 0 fully saturated rings. The van der Waals surface area contributed by atoms with E-state index in [1.165, 1.54) is 5.56 Å². The van der Waals surface area contributed by atoms with Gasteiger partial charge in [0.2, 0.25) is 0 Å². The number of carbonyl (C=O) groups excluding carboxylic acids is 1. The summed E-state index contributed by atoms with van der Waals surface area (Å²) in [4.78, 5) is 13.0. The first-order chi connectivity index (χ1) is 14.4. The van der Waals surface area contributed by atoms with Crippen molar-refractivity contribution in [2.24, 2.45) is 0 Å². The van der Waals surface area contributed by atoms with E-state index in [0.29, 0.717) is 6.42 Å². The smallest absolute Gasteiger partial charge is 0.161 e. The lowest BCUT2D eigenvalue weighted by Gasteiger charge is -2.33. The number of nitrogens with zero attached hydrogens (tertiary/aromatic N) is 2. The summed E-state index contributed by atoms with van der Waals surface area (Å²) in [5.41, 5.74) is 6.35. The first-order valence-electron chi connectivity index (χ1n) is 10.1. The van der Waals surface area contributed by atoms with Gasteiger partial charge in [0.05, 0.1) is 11.4 Å². The summed E-state index contributed by atoms with van der Waals surface area (Å²) in [6, 6.07) is 13.6. The van der Waals surface area contributed by atoms with Crippen LogP contribution in [-0.4, -0.2) is 20.7 Å². The Morgan fingerprint density at radius 1 is 1.13 bits per heavy atom. The highest BCUT2D eigenvalue weighted by Gasteiger charge is 2.39. The molecule has 30 heavy (non-hydrogen) atoms. The molecule has 0 amide bonds. The van der Waals surface area contributed by atoms with Gasteiger partial charge in [-0.05, 0) is 57.0 Å². The Bertz CT molecular complexity index is 1210. The summed E-state index contributed by atoms with van der Waals surface area (Å²) in [5, 5.41) is 19.1. The van der Waals surface area contributed by atoms with Gasteiger partial charge in [0.25, 0.3) is 0 Å². The van der Waals surface area contributed by atoms with E-state index in [0.717, 1.165) is 56.9 Å². The zero-order valence-electron chi connectivity index (χ0n) is 16.9. The zero-order chi connectivity index (χ0) is 21.0. The monoisotopic (exact) mass is 463 g/mol. The minimum atomic E-state index is -0.347. The van der Waals surface area contributed by atoms with Crippen LogP contribution < -0.4 is 5.32 Å². The van der Waals surface area contributed by atoms with Gasteiger partial charge in [0, 0.05) is 39.2 Å². The Balaban J connectivity index is 1.77. The standard InChI is InChI=1S/C24H22BrN3O2/c1-13-6-9-16(10-7-13)28-24-21(14(2)27-28)22(17-12-15(25)8-11-19(17)29)23-18(26-24)4-3-5-20(23)30/h6-12,22,26,29H,3-5H2,1-2H3. The summed E-state index contributed by atoms with van der Waals surface area (Å²) >= 11 is 3.52. The lowest BCUT2D eigenvalue weighted by atomic mass is 9.76. The number of rotatable bonds is 2. The van der Waals surface area contributed by atoms with E-state index in [1.807, 2.05) is 29.8 Å². The summed E-state index contributed by atoms with van der Waals surface area (Å²) in [6.07, 6.45) is 2.17. The van der Waals surface area contributed by atoms with Crippen LogP contribution in [0.2, 0.25) is 0 Å². The first kappa shape index (κ1) is 19.1. The fraction of sp³-hybridized carbons (Fsp3) is 0.250. The number of hydrogen-bond donors (Lipinski definition) is 2. The second-order valence-electron chi connectivity index (χ2n) is 8.03. The maximum Gasteiger partial charge on any atom is 0.161 e. The van der Waals surface area contributed by atoms with Gasteiger partial charge >= 0.3 is 0 Å². The number of Topliss-reactive ketones (excluding diaryl/α,β-unsaturated/α-hetero) is 1. The van der Waals surface area contributed by atoms with E-state index >= 15 is 0 Å². The van der Waals surface area contributed by atoms with Crippen molar-refractivity contribution in [1.29, 1.82) is 0 Å². The number of fused-ring (bicyclic) bond motifs is 1. The number of nitrogens with one attached hydrogen (secondary N) is 1. The Hall–Kier alpha value is -2.86. The number of anilines is 1. The molecule has 0 spiro atoms. The van der Waals surface area contributed by atoms with Crippen LogP contribution in [0.3, 0.4) is 0 Å². The number of halogens is 1. The van der Waals surface area contributed by atoms with Gasteiger partial charge in [-0.3, -0.25) is 4.79 Å². The highest BCUT2D eigenvalue weighted by atomic mass is 79.9. The third kappa shape index (κ3) is 2.98. The van der Waals surface area contributed by atoms with Crippen molar-refractivity contribution in [2.45, 2.75) is 39.0 Å². The van der Waals surface area contributed by atoms with E-state index in [-0.39, 0.29) is 17.5 Å². The van der Waals surface area contributed by atoms with E-state index in [4.69, 9.17) is 5.10 Å². The van der Waals surface area contributed by atoms with Gasteiger partial charge in [0.15, 0.2) is 5.78 Å². The SMILES string of the molecule is Cc1ccc(-n2nc(C)c3c2NC2=C(C(=O)CCC2)C3c2cc(Br)ccc2O)cc1. The fourth-order valence-corrected chi connectivity index (χ4v) is 4.94. The second kappa shape index (κ2) is 7.13. The van der Waals surface area contributed by atoms with Crippen molar-refractivity contribution in [3.8, 4) is 11.4 Å². The van der Waals surface area contributed by atoms with Crippen LogP contribution in [-0.2, 0) is 4.79 Å². The Kier molecular flexibility index (Phi) is 4.54. The van der Waals surface area contributed by atoms with Gasteiger partial charge in [0.1, 0.15) is 11.6 Å². The molecule has 3 aromatic rings. The van der Waals surface area contributed by atoms with Crippen molar-refractivity contribution in [3.63, 3.8) is 0 Å². The van der Waals surface area contributed by atoms with E-state index in [1.54, 1.807) is 12.1 Å². The molecule has 2 aliphatic rings. The molecule has 152 valence electrons. The van der Waals surface area contributed by atoms with Crippen LogP contribution in [0.1, 0.15) is 47.6 Å². The quantitative estimate of drug-likeness (QED) is 0.524. The molecule has 2 heterocycles. The van der Waals surface area contributed by atoms with Crippen molar-refractivity contribution in [2.75, 3.05) is 5.32 Å². The summed E-state index contributed by atoms with van der Waals surface area (Å²) in [7, 11) is 0. The number of phenolic OH excluding ortho intramolecular Hbond substituents is 1. The zero-order valence-corrected chi connectivity index (χ0v) is 18.5. The van der Waals surface area contributed by atoms with Crippen LogP contribution >= 0.6 is 15.9 Å². The van der Waals surface area contributed by atoms with E-state index < -0.39 is 0 Å². The fourth-order valence-electron chi connectivity index (χ4n) is 4.56. The van der Waals surface area contributed by atoms with Gasteiger partial charge in [-0.15, -0.1) is 0 Å². The molecule has 2 N–H and O–H groups in total. The van der Waals surface area contributed by atoms with Crippen molar-refractivity contribution < 1.29 is 9.90 Å². The molecule has 5 nitrogen and oxygen atoms in total. The molecule has 6 heteroatoms. The molecule has 1 atom stereocenters. The normalized spacial score (nSPS) is 18.1. The van der Waals surface area contributed by atoms with Crippen LogP contribution in [0.5, 0.6) is 5.75 Å². The number of hydrogen-bond acceptors (Lipinski definition) is 4. The molecular formula is C24H22BrN3O2. The summed E-state index contributed by atoms with van der Waals surface area (Å²) < 4.78 is 2.78. The largest absolute Gasteiger partial charge is 0.508 e. The van der Waals surface area contributed by atoms with Crippen molar-refractivity contribution in [1.82, 2.24) is 9.78 Å². The number of aryl methyl sites for hydroxylation is 2. The predicted molar refractivity (Wildman–Crippen MR) is 120 cm³/mol. The van der Waals surface area contributed by atoms with Crippen LogP contribution in [0, 0.1) is 13.8 Å². The predicted octanol–water partition coefficient (Wildman–Crippen LogP) is 5.52. The number of ketones is 1. The van der Waals surface area contributed by atoms with Gasteiger partial charge < -0.3 is 10.4 Å². The lowest BCUT2D eigenvalue weighted by molar-refractivity contribution is -0.116. The lowest BCUT2D eigenvalue weighted by Crippen LogP contribution is -2.27. The number of allylic oxidation sites excluding steroid dienone is 2. The number of carbonyl (C=O) groups is 1.